The Hall–Kier alpha value is -0.580. The number of urea groups is 1. The van der Waals surface area contributed by atoms with Gasteiger partial charge in [0.05, 0.1) is 0 Å². The van der Waals surface area contributed by atoms with E-state index in [0.29, 0.717) is 12.3 Å². The summed E-state index contributed by atoms with van der Waals surface area (Å²) in [6, 6.07) is 0.0452. The smallest absolute Gasteiger partial charge is 0.317 e. The van der Waals surface area contributed by atoms with Crippen LogP contribution < -0.4 is 5.32 Å². The third kappa shape index (κ3) is 5.49. The number of amides is 2. The molecule has 0 aromatic carbocycles. The summed E-state index contributed by atoms with van der Waals surface area (Å²) in [6.45, 7) is 2.39. The number of carbonyl (C=O) groups is 1. The second-order valence-electron chi connectivity index (χ2n) is 4.26. The Morgan fingerprint density at radius 2 is 1.88 bits per heavy atom. The molecule has 1 aliphatic heterocycles. The van der Waals surface area contributed by atoms with Crippen LogP contribution in [-0.4, -0.2) is 46.8 Å². The molecule has 0 aromatic rings. The molecule has 1 aliphatic rings. The van der Waals surface area contributed by atoms with Crippen LogP contribution in [0.3, 0.4) is 0 Å². The maximum Gasteiger partial charge on any atom is 0.317 e. The van der Waals surface area contributed by atoms with Gasteiger partial charge in [0.1, 0.15) is 0 Å². The van der Waals surface area contributed by atoms with Crippen LogP contribution in [0.15, 0.2) is 0 Å². The topological polar surface area (TPSA) is 49.4 Å². The highest BCUT2D eigenvalue weighted by Gasteiger charge is 2.14. The van der Waals surface area contributed by atoms with Gasteiger partial charge in [-0.2, -0.15) is 0 Å². The fraction of sp³-hybridized carbons (Fsp3) is 0.909. The molecule has 0 spiro atoms. The van der Waals surface area contributed by atoms with Crippen molar-refractivity contribution >= 4 is 16.8 Å². The molecule has 0 aliphatic carbocycles. The number of nitrogens with zero attached hydrogens (tertiary/aromatic N) is 1. The van der Waals surface area contributed by atoms with Crippen LogP contribution in [-0.2, 0) is 10.8 Å². The summed E-state index contributed by atoms with van der Waals surface area (Å²) in [6.07, 6.45) is 7.19. The van der Waals surface area contributed by atoms with Crippen molar-refractivity contribution in [2.45, 2.75) is 32.1 Å². The molecule has 0 aromatic heterocycles. The normalized spacial score (nSPS) is 18.9. The van der Waals surface area contributed by atoms with E-state index < -0.39 is 10.8 Å². The van der Waals surface area contributed by atoms with Crippen LogP contribution >= 0.6 is 0 Å². The van der Waals surface area contributed by atoms with Gasteiger partial charge in [0.15, 0.2) is 0 Å². The third-order valence-electron chi connectivity index (χ3n) is 2.78. The molecule has 0 saturated carbocycles. The highest BCUT2D eigenvalue weighted by molar-refractivity contribution is 7.84. The largest absolute Gasteiger partial charge is 0.338 e. The summed E-state index contributed by atoms with van der Waals surface area (Å²) >= 11 is 0. The van der Waals surface area contributed by atoms with E-state index >= 15 is 0 Å². The van der Waals surface area contributed by atoms with E-state index in [1.807, 2.05) is 4.90 Å². The van der Waals surface area contributed by atoms with Crippen LogP contribution in [0.2, 0.25) is 0 Å². The molecular weight excluding hydrogens is 224 g/mol. The molecule has 94 valence electrons. The number of likely N-dealkylation sites (tertiary alicyclic amines) is 1. The number of hydrogen-bond acceptors (Lipinski definition) is 2. The molecule has 1 N–H and O–H groups in total. The van der Waals surface area contributed by atoms with Crippen LogP contribution in [0.1, 0.15) is 32.1 Å². The van der Waals surface area contributed by atoms with E-state index in [-0.39, 0.29) is 6.03 Å². The maximum atomic E-state index is 11.7. The number of hydrogen-bond donors (Lipinski definition) is 1. The van der Waals surface area contributed by atoms with Gasteiger partial charge >= 0.3 is 6.03 Å². The number of nitrogens with one attached hydrogen (secondary N) is 1. The molecule has 1 saturated heterocycles. The van der Waals surface area contributed by atoms with Crippen molar-refractivity contribution < 1.29 is 9.00 Å². The minimum absolute atomic E-state index is 0.0452. The minimum Gasteiger partial charge on any atom is -0.338 e. The first-order valence-corrected chi connectivity index (χ1v) is 7.75. The van der Waals surface area contributed by atoms with Crippen molar-refractivity contribution in [2.24, 2.45) is 0 Å². The fourth-order valence-electron chi connectivity index (χ4n) is 1.86. The van der Waals surface area contributed by atoms with Gasteiger partial charge in [0.25, 0.3) is 0 Å². The van der Waals surface area contributed by atoms with Gasteiger partial charge in [-0.3, -0.25) is 4.21 Å². The Kier molecular flexibility index (Phi) is 6.45. The third-order valence-corrected chi connectivity index (χ3v) is 3.64. The van der Waals surface area contributed by atoms with E-state index in [1.54, 1.807) is 6.26 Å². The van der Waals surface area contributed by atoms with Crippen molar-refractivity contribution in [1.82, 2.24) is 10.2 Å². The second kappa shape index (κ2) is 7.65. The first kappa shape index (κ1) is 13.5. The lowest BCUT2D eigenvalue weighted by Gasteiger charge is -2.20. The molecular formula is C11H22N2O2S. The summed E-state index contributed by atoms with van der Waals surface area (Å²) in [4.78, 5) is 13.6. The van der Waals surface area contributed by atoms with Crippen LogP contribution in [0, 0.1) is 0 Å². The van der Waals surface area contributed by atoms with Crippen molar-refractivity contribution in [2.75, 3.05) is 31.6 Å². The molecule has 1 atom stereocenters. The van der Waals surface area contributed by atoms with Crippen molar-refractivity contribution in [1.29, 1.82) is 0 Å². The Bertz CT molecular complexity index is 238. The van der Waals surface area contributed by atoms with E-state index in [0.717, 1.165) is 32.4 Å². The van der Waals surface area contributed by atoms with Gasteiger partial charge < -0.3 is 10.2 Å². The van der Waals surface area contributed by atoms with Crippen LogP contribution in [0.5, 0.6) is 0 Å². The Morgan fingerprint density at radius 3 is 2.44 bits per heavy atom. The fourth-order valence-corrected chi connectivity index (χ4v) is 2.41. The van der Waals surface area contributed by atoms with Crippen molar-refractivity contribution in [3.63, 3.8) is 0 Å². The van der Waals surface area contributed by atoms with Gasteiger partial charge in [0, 0.05) is 42.4 Å². The first-order chi connectivity index (χ1) is 7.70. The molecule has 5 heteroatoms. The Morgan fingerprint density at radius 1 is 1.25 bits per heavy atom. The highest BCUT2D eigenvalue weighted by Crippen LogP contribution is 2.09. The number of carbonyl (C=O) groups excluding carboxylic acids is 1. The quantitative estimate of drug-likeness (QED) is 0.761. The average Bonchev–Trinajstić information content (AvgIpc) is 2.52. The second-order valence-corrected chi connectivity index (χ2v) is 5.82. The van der Waals surface area contributed by atoms with Crippen molar-refractivity contribution in [3.05, 3.63) is 0 Å². The zero-order chi connectivity index (χ0) is 11.8. The molecule has 0 radical (unpaired) electrons. The van der Waals surface area contributed by atoms with E-state index in [1.165, 1.54) is 12.8 Å². The summed E-state index contributed by atoms with van der Waals surface area (Å²) < 4.78 is 10.8. The predicted octanol–water partition coefficient (Wildman–Crippen LogP) is 1.34. The van der Waals surface area contributed by atoms with Gasteiger partial charge in [-0.25, -0.2) is 4.79 Å². The molecule has 1 rings (SSSR count). The molecule has 0 bridgehead atoms. The van der Waals surface area contributed by atoms with Crippen LogP contribution in [0.25, 0.3) is 0 Å². The number of rotatable bonds is 4. The van der Waals surface area contributed by atoms with Crippen molar-refractivity contribution in [3.8, 4) is 0 Å². The maximum absolute atomic E-state index is 11.7. The monoisotopic (exact) mass is 246 g/mol. The van der Waals surface area contributed by atoms with E-state index in [2.05, 4.69) is 5.32 Å². The average molecular weight is 246 g/mol. The molecule has 2 amide bonds. The van der Waals surface area contributed by atoms with E-state index in [9.17, 15) is 9.00 Å². The SMILES string of the molecule is CS(=O)CCCNC(=O)N1CCCCCC1. The predicted molar refractivity (Wildman–Crippen MR) is 67.0 cm³/mol. The lowest BCUT2D eigenvalue weighted by molar-refractivity contribution is 0.200. The van der Waals surface area contributed by atoms with Gasteiger partial charge in [0.2, 0.25) is 0 Å². The zero-order valence-corrected chi connectivity index (χ0v) is 10.9. The van der Waals surface area contributed by atoms with Gasteiger partial charge in [-0.15, -0.1) is 0 Å². The molecule has 4 nitrogen and oxygen atoms in total. The summed E-state index contributed by atoms with van der Waals surface area (Å²) in [5, 5.41) is 2.89. The summed E-state index contributed by atoms with van der Waals surface area (Å²) in [5.74, 6) is 0.667. The highest BCUT2D eigenvalue weighted by atomic mass is 32.2. The Labute approximate surface area is 100 Å². The molecule has 1 fully saturated rings. The molecule has 16 heavy (non-hydrogen) atoms. The lowest BCUT2D eigenvalue weighted by atomic mass is 10.2. The molecule has 1 heterocycles. The first-order valence-electron chi connectivity index (χ1n) is 6.03. The Balaban J connectivity index is 2.15. The van der Waals surface area contributed by atoms with Gasteiger partial charge in [-0.1, -0.05) is 12.8 Å². The van der Waals surface area contributed by atoms with Gasteiger partial charge in [-0.05, 0) is 19.3 Å². The zero-order valence-electron chi connectivity index (χ0n) is 10.0. The lowest BCUT2D eigenvalue weighted by Crippen LogP contribution is -2.41. The summed E-state index contributed by atoms with van der Waals surface area (Å²) in [7, 11) is -0.753. The van der Waals surface area contributed by atoms with E-state index in [4.69, 9.17) is 0 Å². The minimum atomic E-state index is -0.753. The standard InChI is InChI=1S/C11H22N2O2S/c1-16(15)10-6-7-12-11(14)13-8-4-2-3-5-9-13/h2-10H2,1H3,(H,12,14). The van der Waals surface area contributed by atoms with Crippen LogP contribution in [0.4, 0.5) is 4.79 Å². The summed E-state index contributed by atoms with van der Waals surface area (Å²) in [5.41, 5.74) is 0. The molecule has 1 unspecified atom stereocenters.